The van der Waals surface area contributed by atoms with Crippen LogP contribution in [0.5, 0.6) is 0 Å². The standard InChI is InChI=1S/C17H34N2O/c1-5-6-7-8-9-10-11-12-13-14-19-16(20)15(18)17(2,3)4/h5,15H,1,6-14,18H2,2-4H3,(H,19,20)/t15-/m1/s1. The number of nitrogens with two attached hydrogens (primary N) is 1. The van der Waals surface area contributed by atoms with Crippen LogP contribution in [0, 0.1) is 5.41 Å². The summed E-state index contributed by atoms with van der Waals surface area (Å²) in [5, 5.41) is 2.93. The summed E-state index contributed by atoms with van der Waals surface area (Å²) in [6.07, 6.45) is 11.8. The number of amides is 1. The molecule has 0 rings (SSSR count). The van der Waals surface area contributed by atoms with Crippen LogP contribution in [0.2, 0.25) is 0 Å². The van der Waals surface area contributed by atoms with E-state index in [2.05, 4.69) is 11.9 Å². The molecular weight excluding hydrogens is 248 g/mol. The van der Waals surface area contributed by atoms with Gasteiger partial charge in [-0.15, -0.1) is 6.58 Å². The zero-order valence-electron chi connectivity index (χ0n) is 13.7. The highest BCUT2D eigenvalue weighted by atomic mass is 16.2. The van der Waals surface area contributed by atoms with E-state index in [-0.39, 0.29) is 11.3 Å². The zero-order valence-corrected chi connectivity index (χ0v) is 13.7. The number of carbonyl (C=O) groups is 1. The maximum Gasteiger partial charge on any atom is 0.237 e. The molecule has 0 aliphatic rings. The molecule has 0 aliphatic carbocycles. The molecule has 0 aromatic heterocycles. The van der Waals surface area contributed by atoms with Crippen LogP contribution in [0.1, 0.15) is 72.1 Å². The summed E-state index contributed by atoms with van der Waals surface area (Å²) in [6.45, 7) is 10.4. The average Bonchev–Trinajstić information content (AvgIpc) is 2.38. The van der Waals surface area contributed by atoms with Gasteiger partial charge in [0.15, 0.2) is 0 Å². The van der Waals surface area contributed by atoms with Gasteiger partial charge in [0.05, 0.1) is 6.04 Å². The molecule has 0 heterocycles. The molecule has 1 atom stereocenters. The van der Waals surface area contributed by atoms with E-state index in [0.717, 1.165) is 19.4 Å². The Balaban J connectivity index is 3.40. The molecule has 0 spiro atoms. The highest BCUT2D eigenvalue weighted by Crippen LogP contribution is 2.17. The minimum Gasteiger partial charge on any atom is -0.355 e. The molecule has 0 aromatic rings. The number of nitrogens with one attached hydrogen (secondary N) is 1. The Morgan fingerprint density at radius 3 is 2.10 bits per heavy atom. The molecule has 1 amide bonds. The van der Waals surface area contributed by atoms with Gasteiger partial charge in [0.2, 0.25) is 5.91 Å². The van der Waals surface area contributed by atoms with Gasteiger partial charge in [-0.3, -0.25) is 4.79 Å². The van der Waals surface area contributed by atoms with Crippen LogP contribution in [-0.2, 0) is 4.79 Å². The molecule has 0 radical (unpaired) electrons. The topological polar surface area (TPSA) is 55.1 Å². The first-order valence-electron chi connectivity index (χ1n) is 8.03. The van der Waals surface area contributed by atoms with E-state index in [1.807, 2.05) is 26.8 Å². The van der Waals surface area contributed by atoms with Crippen molar-refractivity contribution < 1.29 is 4.79 Å². The van der Waals surface area contributed by atoms with Crippen molar-refractivity contribution >= 4 is 5.91 Å². The van der Waals surface area contributed by atoms with Gasteiger partial charge in [0, 0.05) is 6.54 Å². The van der Waals surface area contributed by atoms with Crippen molar-refractivity contribution in [1.82, 2.24) is 5.32 Å². The Hall–Kier alpha value is -0.830. The first-order chi connectivity index (χ1) is 9.39. The van der Waals surface area contributed by atoms with E-state index in [4.69, 9.17) is 5.73 Å². The van der Waals surface area contributed by atoms with Crippen molar-refractivity contribution in [2.24, 2.45) is 11.1 Å². The Kier molecular flexibility index (Phi) is 10.4. The van der Waals surface area contributed by atoms with Gasteiger partial charge < -0.3 is 11.1 Å². The summed E-state index contributed by atoms with van der Waals surface area (Å²) in [4.78, 5) is 11.8. The average molecular weight is 282 g/mol. The van der Waals surface area contributed by atoms with E-state index in [0.29, 0.717) is 0 Å². The number of carbonyl (C=O) groups excluding carboxylic acids is 1. The summed E-state index contributed by atoms with van der Waals surface area (Å²) in [6, 6.07) is -0.424. The molecular formula is C17H34N2O. The Labute approximate surface area is 125 Å². The summed E-state index contributed by atoms with van der Waals surface area (Å²) in [5.41, 5.74) is 5.72. The summed E-state index contributed by atoms with van der Waals surface area (Å²) < 4.78 is 0. The third kappa shape index (κ3) is 10.0. The molecule has 0 bridgehead atoms. The fourth-order valence-corrected chi connectivity index (χ4v) is 2.01. The molecule has 3 heteroatoms. The van der Waals surface area contributed by atoms with Crippen LogP contribution in [0.25, 0.3) is 0 Å². The second-order valence-corrected chi connectivity index (χ2v) is 6.69. The van der Waals surface area contributed by atoms with E-state index in [1.54, 1.807) is 0 Å². The fraction of sp³-hybridized carbons (Fsp3) is 0.824. The van der Waals surface area contributed by atoms with Crippen LogP contribution >= 0.6 is 0 Å². The molecule has 0 unspecified atom stereocenters. The van der Waals surface area contributed by atoms with E-state index in [1.165, 1.54) is 38.5 Å². The smallest absolute Gasteiger partial charge is 0.237 e. The van der Waals surface area contributed by atoms with Crippen molar-refractivity contribution in [3.05, 3.63) is 12.7 Å². The molecule has 3 N–H and O–H groups in total. The SMILES string of the molecule is C=CCCCCCCCCCNC(=O)[C@@H](N)C(C)(C)C. The predicted molar refractivity (Wildman–Crippen MR) is 87.6 cm³/mol. The minimum absolute atomic E-state index is 0.0260. The van der Waals surface area contributed by atoms with Crippen LogP contribution < -0.4 is 11.1 Å². The Morgan fingerprint density at radius 2 is 1.60 bits per heavy atom. The quantitative estimate of drug-likeness (QED) is 0.447. The van der Waals surface area contributed by atoms with E-state index < -0.39 is 6.04 Å². The second kappa shape index (κ2) is 10.9. The van der Waals surface area contributed by atoms with Gasteiger partial charge in [0.25, 0.3) is 0 Å². The highest BCUT2D eigenvalue weighted by molar-refractivity contribution is 5.82. The van der Waals surface area contributed by atoms with Crippen LogP contribution in [0.3, 0.4) is 0 Å². The molecule has 3 nitrogen and oxygen atoms in total. The van der Waals surface area contributed by atoms with Crippen molar-refractivity contribution in [2.45, 2.75) is 78.2 Å². The molecule has 118 valence electrons. The minimum atomic E-state index is -0.424. The summed E-state index contributed by atoms with van der Waals surface area (Å²) >= 11 is 0. The Bertz CT molecular complexity index is 269. The molecule has 0 fully saturated rings. The number of hydrogen-bond donors (Lipinski definition) is 2. The molecule has 0 saturated carbocycles. The third-order valence-corrected chi connectivity index (χ3v) is 3.60. The van der Waals surface area contributed by atoms with Gasteiger partial charge in [-0.25, -0.2) is 0 Å². The number of rotatable bonds is 11. The lowest BCUT2D eigenvalue weighted by molar-refractivity contribution is -0.124. The van der Waals surface area contributed by atoms with Crippen LogP contribution in [0.4, 0.5) is 0 Å². The maximum absolute atomic E-state index is 11.8. The number of allylic oxidation sites excluding steroid dienone is 1. The van der Waals surface area contributed by atoms with Gasteiger partial charge >= 0.3 is 0 Å². The fourth-order valence-electron chi connectivity index (χ4n) is 2.01. The Morgan fingerprint density at radius 1 is 1.10 bits per heavy atom. The van der Waals surface area contributed by atoms with Crippen molar-refractivity contribution in [3.63, 3.8) is 0 Å². The van der Waals surface area contributed by atoms with Crippen LogP contribution in [0.15, 0.2) is 12.7 Å². The summed E-state index contributed by atoms with van der Waals surface area (Å²) in [7, 11) is 0. The molecule has 0 aliphatic heterocycles. The first-order valence-corrected chi connectivity index (χ1v) is 8.03. The monoisotopic (exact) mass is 282 g/mol. The third-order valence-electron chi connectivity index (χ3n) is 3.60. The highest BCUT2D eigenvalue weighted by Gasteiger charge is 2.26. The van der Waals surface area contributed by atoms with E-state index >= 15 is 0 Å². The lowest BCUT2D eigenvalue weighted by atomic mass is 9.87. The molecule has 0 saturated heterocycles. The number of unbranched alkanes of at least 4 members (excludes halogenated alkanes) is 7. The molecule has 20 heavy (non-hydrogen) atoms. The molecule has 0 aromatic carbocycles. The van der Waals surface area contributed by atoms with Crippen LogP contribution in [-0.4, -0.2) is 18.5 Å². The lowest BCUT2D eigenvalue weighted by Crippen LogP contribution is -2.48. The number of hydrogen-bond acceptors (Lipinski definition) is 2. The summed E-state index contributed by atoms with van der Waals surface area (Å²) in [5.74, 6) is -0.0260. The largest absolute Gasteiger partial charge is 0.355 e. The predicted octanol–water partition coefficient (Wildman–Crippen LogP) is 3.78. The van der Waals surface area contributed by atoms with Gasteiger partial charge in [0.1, 0.15) is 0 Å². The first kappa shape index (κ1) is 19.2. The van der Waals surface area contributed by atoms with E-state index in [9.17, 15) is 4.79 Å². The van der Waals surface area contributed by atoms with Gasteiger partial charge in [-0.2, -0.15) is 0 Å². The van der Waals surface area contributed by atoms with Crippen molar-refractivity contribution in [1.29, 1.82) is 0 Å². The normalized spacial score (nSPS) is 13.0. The second-order valence-electron chi connectivity index (χ2n) is 6.69. The zero-order chi connectivity index (χ0) is 15.4. The lowest BCUT2D eigenvalue weighted by Gasteiger charge is -2.25. The van der Waals surface area contributed by atoms with Crippen molar-refractivity contribution in [2.75, 3.05) is 6.54 Å². The van der Waals surface area contributed by atoms with Gasteiger partial charge in [-0.1, -0.05) is 59.0 Å². The maximum atomic E-state index is 11.8. The van der Waals surface area contributed by atoms with Gasteiger partial charge in [-0.05, 0) is 24.7 Å². The van der Waals surface area contributed by atoms with Crippen molar-refractivity contribution in [3.8, 4) is 0 Å².